The number of fused-ring (bicyclic) bond motifs is 1. The number of ether oxygens (including phenoxy) is 1. The quantitative estimate of drug-likeness (QED) is 0.496. The van der Waals surface area contributed by atoms with Gasteiger partial charge in [-0.25, -0.2) is 18.2 Å². The Bertz CT molecular complexity index is 1280. The molecule has 5 rings (SSSR count). The fourth-order valence-electron chi connectivity index (χ4n) is 4.45. The smallest absolute Gasteiger partial charge is 0.194 e. The minimum Gasteiger partial charge on any atom is -0.495 e. The number of amidine groups is 1. The highest BCUT2D eigenvalue weighted by Gasteiger charge is 2.34. The summed E-state index contributed by atoms with van der Waals surface area (Å²) in [5.74, 6) is -2.60. The van der Waals surface area contributed by atoms with E-state index >= 15 is 0 Å². The maximum Gasteiger partial charge on any atom is 0.194 e. The van der Waals surface area contributed by atoms with Crippen molar-refractivity contribution in [1.29, 1.82) is 0 Å². The molecule has 1 aromatic heterocycles. The predicted octanol–water partition coefficient (Wildman–Crippen LogP) is 5.17. The van der Waals surface area contributed by atoms with Crippen LogP contribution in [0.3, 0.4) is 0 Å². The molecule has 1 fully saturated rings. The van der Waals surface area contributed by atoms with Crippen molar-refractivity contribution in [1.82, 2.24) is 14.5 Å². The number of aryl methyl sites for hydroxylation is 1. The van der Waals surface area contributed by atoms with E-state index in [1.165, 1.54) is 0 Å². The van der Waals surface area contributed by atoms with Crippen LogP contribution in [0.2, 0.25) is 0 Å². The molecule has 0 bridgehead atoms. The average molecular weight is 468 g/mol. The highest BCUT2D eigenvalue weighted by atomic mass is 19.2. The van der Waals surface area contributed by atoms with Crippen LogP contribution in [0.5, 0.6) is 5.75 Å². The molecule has 9 heteroatoms. The first-order chi connectivity index (χ1) is 16.4. The van der Waals surface area contributed by atoms with Crippen LogP contribution in [0, 0.1) is 24.4 Å². The van der Waals surface area contributed by atoms with Gasteiger partial charge in [-0.15, -0.1) is 0 Å². The summed E-state index contributed by atoms with van der Waals surface area (Å²) in [4.78, 5) is 11.7. The molecule has 1 atom stereocenters. The van der Waals surface area contributed by atoms with Gasteiger partial charge in [-0.1, -0.05) is 11.2 Å². The van der Waals surface area contributed by atoms with Crippen molar-refractivity contribution in [3.8, 4) is 11.4 Å². The zero-order chi connectivity index (χ0) is 23.8. The molecule has 2 aliphatic rings. The van der Waals surface area contributed by atoms with Crippen molar-refractivity contribution in [3.05, 3.63) is 82.7 Å². The first-order valence-corrected chi connectivity index (χ1v) is 11.0. The standard InChI is InChI=1S/C25H23F3N4O2/c1-15-12-31(14-29-15)21-6-5-16(9-23(21)33-2)8-17-4-3-7-32-22(13-34-30-25(17)32)18-10-19(26)24(28)20(27)11-18/h5-6,8-12,14,22H,3-4,7,13H2,1-2H3/b17-8+. The Balaban J connectivity index is 1.46. The summed E-state index contributed by atoms with van der Waals surface area (Å²) >= 11 is 0. The van der Waals surface area contributed by atoms with E-state index in [0.717, 1.165) is 47.5 Å². The molecule has 0 saturated carbocycles. The van der Waals surface area contributed by atoms with Crippen LogP contribution in [0.1, 0.15) is 35.7 Å². The first kappa shape index (κ1) is 22.1. The Hall–Kier alpha value is -3.75. The summed E-state index contributed by atoms with van der Waals surface area (Å²) in [6.07, 6.45) is 7.26. The van der Waals surface area contributed by atoms with Gasteiger partial charge >= 0.3 is 0 Å². The second kappa shape index (κ2) is 8.89. The molecule has 6 nitrogen and oxygen atoms in total. The Kier molecular flexibility index (Phi) is 5.77. The van der Waals surface area contributed by atoms with E-state index in [2.05, 4.69) is 10.1 Å². The number of piperidine rings is 1. The number of benzene rings is 2. The van der Waals surface area contributed by atoms with E-state index < -0.39 is 23.5 Å². The Labute approximate surface area is 194 Å². The number of aromatic nitrogens is 2. The largest absolute Gasteiger partial charge is 0.495 e. The van der Waals surface area contributed by atoms with E-state index in [0.29, 0.717) is 23.7 Å². The highest BCUT2D eigenvalue weighted by Crippen LogP contribution is 2.34. The number of rotatable bonds is 4. The number of nitrogens with zero attached hydrogens (tertiary/aromatic N) is 4. The van der Waals surface area contributed by atoms with Crippen LogP contribution in [0.25, 0.3) is 11.8 Å². The number of oxime groups is 1. The molecule has 0 N–H and O–H groups in total. The van der Waals surface area contributed by atoms with Crippen molar-refractivity contribution >= 4 is 11.9 Å². The Morgan fingerprint density at radius 3 is 2.65 bits per heavy atom. The molecule has 2 aliphatic heterocycles. The van der Waals surface area contributed by atoms with Crippen molar-refractivity contribution in [2.24, 2.45) is 5.16 Å². The highest BCUT2D eigenvalue weighted by molar-refractivity contribution is 6.03. The van der Waals surface area contributed by atoms with Crippen LogP contribution in [-0.4, -0.2) is 40.5 Å². The van der Waals surface area contributed by atoms with Crippen molar-refractivity contribution in [2.75, 3.05) is 20.3 Å². The second-order valence-corrected chi connectivity index (χ2v) is 8.35. The van der Waals surface area contributed by atoms with Crippen LogP contribution in [-0.2, 0) is 4.84 Å². The third-order valence-electron chi connectivity index (χ3n) is 6.09. The van der Waals surface area contributed by atoms with Crippen molar-refractivity contribution in [2.45, 2.75) is 25.8 Å². The SMILES string of the molecule is COc1cc(/C=C2\CCCN3C2=NOCC3c2cc(F)c(F)c(F)c2)ccc1-n1cnc(C)c1. The van der Waals surface area contributed by atoms with Crippen LogP contribution in [0.15, 0.2) is 53.6 Å². The molecule has 3 heterocycles. The molecule has 0 radical (unpaired) electrons. The molecule has 0 spiro atoms. The van der Waals surface area contributed by atoms with E-state index in [-0.39, 0.29) is 6.61 Å². The van der Waals surface area contributed by atoms with Gasteiger partial charge < -0.3 is 19.0 Å². The maximum atomic E-state index is 13.9. The molecular formula is C25H23F3N4O2. The third-order valence-corrected chi connectivity index (χ3v) is 6.09. The van der Waals surface area contributed by atoms with Crippen LogP contribution < -0.4 is 4.74 Å². The van der Waals surface area contributed by atoms with Gasteiger partial charge in [0.05, 0.1) is 30.9 Å². The molecular weight excluding hydrogens is 445 g/mol. The lowest BCUT2D eigenvalue weighted by Crippen LogP contribution is -2.44. The zero-order valence-corrected chi connectivity index (χ0v) is 18.8. The van der Waals surface area contributed by atoms with Crippen molar-refractivity contribution < 1.29 is 22.7 Å². The topological polar surface area (TPSA) is 51.9 Å². The fourth-order valence-corrected chi connectivity index (χ4v) is 4.45. The second-order valence-electron chi connectivity index (χ2n) is 8.35. The summed E-state index contributed by atoms with van der Waals surface area (Å²) in [5, 5.41) is 4.25. The van der Waals surface area contributed by atoms with Gasteiger partial charge in [-0.05, 0) is 66.8 Å². The van der Waals surface area contributed by atoms with E-state index in [1.54, 1.807) is 13.4 Å². The Morgan fingerprint density at radius 2 is 1.94 bits per heavy atom. The molecule has 0 amide bonds. The number of imidazole rings is 1. The number of hydrogen-bond donors (Lipinski definition) is 0. The van der Waals surface area contributed by atoms with Gasteiger partial charge in [-0.3, -0.25) is 0 Å². The molecule has 34 heavy (non-hydrogen) atoms. The monoisotopic (exact) mass is 468 g/mol. The van der Waals surface area contributed by atoms with E-state index in [9.17, 15) is 13.2 Å². The van der Waals surface area contributed by atoms with Crippen molar-refractivity contribution in [3.63, 3.8) is 0 Å². The molecule has 176 valence electrons. The number of methoxy groups -OCH3 is 1. The van der Waals surface area contributed by atoms with Crippen LogP contribution >= 0.6 is 0 Å². The minimum atomic E-state index is -1.48. The van der Waals surface area contributed by atoms with E-state index in [1.807, 2.05) is 46.9 Å². The number of hydrogen-bond acceptors (Lipinski definition) is 5. The van der Waals surface area contributed by atoms with Gasteiger partial charge in [0.15, 0.2) is 23.3 Å². The molecule has 3 aromatic rings. The first-order valence-electron chi connectivity index (χ1n) is 11.0. The summed E-state index contributed by atoms with van der Waals surface area (Å²) in [7, 11) is 1.62. The van der Waals surface area contributed by atoms with E-state index in [4.69, 9.17) is 9.57 Å². The van der Waals surface area contributed by atoms with Gasteiger partial charge in [-0.2, -0.15) is 0 Å². The lowest BCUT2D eigenvalue weighted by atomic mass is 9.96. The fraction of sp³-hybridized carbons (Fsp3) is 0.280. The van der Waals surface area contributed by atoms with Gasteiger partial charge in [0.2, 0.25) is 0 Å². The minimum absolute atomic E-state index is 0.119. The predicted molar refractivity (Wildman–Crippen MR) is 121 cm³/mol. The molecule has 1 saturated heterocycles. The lowest BCUT2D eigenvalue weighted by molar-refractivity contribution is 0.0572. The third kappa shape index (κ3) is 4.02. The molecule has 0 aliphatic carbocycles. The number of halogens is 3. The normalized spacial score (nSPS) is 19.0. The molecule has 1 unspecified atom stereocenters. The summed E-state index contributed by atoms with van der Waals surface area (Å²) in [6, 6.07) is 7.44. The summed E-state index contributed by atoms with van der Waals surface area (Å²) in [5.41, 5.74) is 3.94. The summed E-state index contributed by atoms with van der Waals surface area (Å²) < 4.78 is 48.7. The zero-order valence-electron chi connectivity index (χ0n) is 18.8. The van der Waals surface area contributed by atoms with Crippen LogP contribution in [0.4, 0.5) is 13.2 Å². The van der Waals surface area contributed by atoms with Gasteiger partial charge in [0.1, 0.15) is 12.4 Å². The maximum absolute atomic E-state index is 13.9. The average Bonchev–Trinajstić information content (AvgIpc) is 3.28. The van der Waals surface area contributed by atoms with Gasteiger partial charge in [0.25, 0.3) is 0 Å². The molecule has 2 aromatic carbocycles. The summed E-state index contributed by atoms with van der Waals surface area (Å²) in [6.45, 7) is 2.69. The lowest BCUT2D eigenvalue weighted by Gasteiger charge is -2.40. The van der Waals surface area contributed by atoms with Gasteiger partial charge in [0, 0.05) is 12.7 Å². The Morgan fingerprint density at radius 1 is 1.15 bits per heavy atom.